The number of guanidine groups is 2. The molecular formula is C15H20Cl2N8O. The Morgan fingerprint density at radius 2 is 0.962 bits per heavy atom. The van der Waals surface area contributed by atoms with Gasteiger partial charge in [-0.1, -0.05) is 0 Å². The number of hydrogen-bond acceptors (Lipinski definition) is 3. The van der Waals surface area contributed by atoms with E-state index in [4.69, 9.17) is 22.9 Å². The Hall–Kier alpha value is -3.17. The number of hydrogen-bond donors (Lipinski definition) is 6. The van der Waals surface area contributed by atoms with Gasteiger partial charge in [-0.25, -0.2) is 14.8 Å². The van der Waals surface area contributed by atoms with Crippen LogP contribution in [0.2, 0.25) is 0 Å². The van der Waals surface area contributed by atoms with Crippen molar-refractivity contribution in [1.29, 1.82) is 0 Å². The molecule has 0 unspecified atom stereocenters. The van der Waals surface area contributed by atoms with Gasteiger partial charge in [0.05, 0.1) is 11.4 Å². The summed E-state index contributed by atoms with van der Waals surface area (Å²) in [5, 5.41) is 5.38. The minimum Gasteiger partial charge on any atom is -0.370 e. The van der Waals surface area contributed by atoms with E-state index >= 15 is 0 Å². The summed E-state index contributed by atoms with van der Waals surface area (Å²) in [5.74, 6) is -0.0600. The van der Waals surface area contributed by atoms with Gasteiger partial charge in [-0.15, -0.1) is 24.8 Å². The SMILES string of the molecule is Cl.Cl.NC(N)=Nc1ccc(NC(=O)Nc2ccc(N=C(N)N)cc2)cc1. The molecule has 0 radical (unpaired) electrons. The molecule has 0 fully saturated rings. The number of anilines is 2. The number of nitrogens with two attached hydrogens (primary N) is 4. The highest BCUT2D eigenvalue weighted by Crippen LogP contribution is 2.18. The zero-order chi connectivity index (χ0) is 17.5. The van der Waals surface area contributed by atoms with Gasteiger partial charge in [0.2, 0.25) is 0 Å². The first-order chi connectivity index (χ1) is 11.4. The second kappa shape index (κ2) is 10.6. The molecule has 9 nitrogen and oxygen atoms in total. The number of carbonyl (C=O) groups excluding carboxylic acids is 1. The molecule has 2 aromatic rings. The molecule has 2 rings (SSSR count). The first-order valence-corrected chi connectivity index (χ1v) is 6.90. The fourth-order valence-electron chi connectivity index (χ4n) is 1.83. The van der Waals surface area contributed by atoms with Crippen LogP contribution in [0.3, 0.4) is 0 Å². The van der Waals surface area contributed by atoms with Crippen molar-refractivity contribution in [2.75, 3.05) is 10.6 Å². The van der Waals surface area contributed by atoms with E-state index in [1.165, 1.54) is 0 Å². The summed E-state index contributed by atoms with van der Waals surface area (Å²) in [5.41, 5.74) is 23.6. The van der Waals surface area contributed by atoms with E-state index in [9.17, 15) is 4.79 Å². The first-order valence-electron chi connectivity index (χ1n) is 6.90. The van der Waals surface area contributed by atoms with E-state index in [2.05, 4.69) is 20.6 Å². The van der Waals surface area contributed by atoms with Crippen LogP contribution in [0.1, 0.15) is 0 Å². The van der Waals surface area contributed by atoms with Crippen LogP contribution in [0.4, 0.5) is 27.5 Å². The van der Waals surface area contributed by atoms with Crippen molar-refractivity contribution in [2.45, 2.75) is 0 Å². The third kappa shape index (κ3) is 7.60. The molecule has 0 bridgehead atoms. The fraction of sp³-hybridized carbons (Fsp3) is 0. The van der Waals surface area contributed by atoms with Gasteiger partial charge < -0.3 is 33.6 Å². The summed E-state index contributed by atoms with van der Waals surface area (Å²) >= 11 is 0. The lowest BCUT2D eigenvalue weighted by Gasteiger charge is -2.08. The molecule has 0 aromatic heterocycles. The van der Waals surface area contributed by atoms with Crippen LogP contribution in [0.25, 0.3) is 0 Å². The third-order valence-corrected chi connectivity index (χ3v) is 2.77. The quantitative estimate of drug-likeness (QED) is 0.340. The smallest absolute Gasteiger partial charge is 0.323 e. The standard InChI is InChI=1S/C15H18N8O.2ClH/c16-13(17)20-9-1-5-11(6-2-9)22-15(24)23-12-7-3-10(4-8-12)21-14(18)19;;/h1-8H,(H4,16,17,20)(H4,18,19,21)(H2,22,23,24);2*1H. The minimum atomic E-state index is -0.390. The molecule has 2 aromatic carbocycles. The monoisotopic (exact) mass is 398 g/mol. The van der Waals surface area contributed by atoms with Crippen molar-refractivity contribution in [2.24, 2.45) is 32.9 Å². The van der Waals surface area contributed by atoms with Crippen LogP contribution in [0.15, 0.2) is 58.5 Å². The fourth-order valence-corrected chi connectivity index (χ4v) is 1.83. The van der Waals surface area contributed by atoms with Gasteiger partial charge in [0.25, 0.3) is 0 Å². The van der Waals surface area contributed by atoms with Crippen molar-refractivity contribution < 1.29 is 4.79 Å². The Balaban J connectivity index is 0.00000312. The molecule has 0 atom stereocenters. The highest BCUT2D eigenvalue weighted by Gasteiger charge is 2.03. The molecule has 0 saturated heterocycles. The molecule has 0 saturated carbocycles. The molecule has 26 heavy (non-hydrogen) atoms. The number of rotatable bonds is 4. The molecule has 0 spiro atoms. The minimum absolute atomic E-state index is 0. The van der Waals surface area contributed by atoms with E-state index in [1.54, 1.807) is 48.5 Å². The molecular weight excluding hydrogens is 379 g/mol. The maximum Gasteiger partial charge on any atom is 0.323 e. The number of amides is 2. The predicted molar refractivity (Wildman–Crippen MR) is 111 cm³/mol. The molecule has 2 amide bonds. The molecule has 0 aliphatic carbocycles. The molecule has 0 aliphatic heterocycles. The van der Waals surface area contributed by atoms with Crippen LogP contribution >= 0.6 is 24.8 Å². The number of urea groups is 1. The third-order valence-electron chi connectivity index (χ3n) is 2.77. The van der Waals surface area contributed by atoms with Crippen molar-refractivity contribution in [3.05, 3.63) is 48.5 Å². The Morgan fingerprint density at radius 3 is 1.23 bits per heavy atom. The predicted octanol–water partition coefficient (Wildman–Crippen LogP) is 1.98. The average molecular weight is 399 g/mol. The zero-order valence-corrected chi connectivity index (χ0v) is 15.2. The van der Waals surface area contributed by atoms with Gasteiger partial charge in [0.1, 0.15) is 0 Å². The molecule has 0 heterocycles. The lowest BCUT2D eigenvalue weighted by molar-refractivity contribution is 0.262. The Labute approximate surface area is 162 Å². The van der Waals surface area contributed by atoms with Gasteiger partial charge >= 0.3 is 6.03 Å². The highest BCUT2D eigenvalue weighted by atomic mass is 35.5. The van der Waals surface area contributed by atoms with Crippen molar-refractivity contribution in [3.8, 4) is 0 Å². The van der Waals surface area contributed by atoms with E-state index < -0.39 is 0 Å². The number of carbonyl (C=O) groups is 1. The van der Waals surface area contributed by atoms with E-state index in [1.807, 2.05) is 0 Å². The average Bonchev–Trinajstić information content (AvgIpc) is 2.50. The van der Waals surface area contributed by atoms with Gasteiger partial charge in [-0.2, -0.15) is 0 Å². The number of halogens is 2. The summed E-state index contributed by atoms with van der Waals surface area (Å²) in [4.78, 5) is 19.7. The lowest BCUT2D eigenvalue weighted by Crippen LogP contribution is -2.22. The van der Waals surface area contributed by atoms with Crippen LogP contribution in [-0.2, 0) is 0 Å². The van der Waals surface area contributed by atoms with E-state index in [0.29, 0.717) is 22.7 Å². The van der Waals surface area contributed by atoms with Gasteiger partial charge in [-0.05, 0) is 48.5 Å². The highest BCUT2D eigenvalue weighted by molar-refractivity contribution is 6.00. The van der Waals surface area contributed by atoms with Crippen LogP contribution in [0, 0.1) is 0 Å². The Bertz CT molecular complexity index is 702. The molecule has 11 heteroatoms. The summed E-state index contributed by atoms with van der Waals surface area (Å²) < 4.78 is 0. The second-order valence-electron chi connectivity index (χ2n) is 4.75. The maximum absolute atomic E-state index is 11.9. The zero-order valence-electron chi connectivity index (χ0n) is 13.5. The van der Waals surface area contributed by atoms with E-state index in [0.717, 1.165) is 0 Å². The first kappa shape index (κ1) is 22.8. The maximum atomic E-state index is 11.9. The Kier molecular flexibility index (Phi) is 9.35. The van der Waals surface area contributed by atoms with Gasteiger partial charge in [0.15, 0.2) is 11.9 Å². The van der Waals surface area contributed by atoms with E-state index in [-0.39, 0.29) is 42.8 Å². The number of aliphatic imine (C=N–C) groups is 2. The van der Waals surface area contributed by atoms with Gasteiger partial charge in [-0.3, -0.25) is 0 Å². The second-order valence-corrected chi connectivity index (χ2v) is 4.75. The summed E-state index contributed by atoms with van der Waals surface area (Å²) in [6.45, 7) is 0. The summed E-state index contributed by atoms with van der Waals surface area (Å²) in [6, 6.07) is 13.1. The summed E-state index contributed by atoms with van der Waals surface area (Å²) in [7, 11) is 0. The van der Waals surface area contributed by atoms with Crippen LogP contribution in [-0.4, -0.2) is 18.0 Å². The largest absolute Gasteiger partial charge is 0.370 e. The number of benzene rings is 2. The molecule has 10 N–H and O–H groups in total. The topological polar surface area (TPSA) is 170 Å². The number of nitrogens with one attached hydrogen (secondary N) is 2. The van der Waals surface area contributed by atoms with Crippen molar-refractivity contribution in [3.63, 3.8) is 0 Å². The lowest BCUT2D eigenvalue weighted by atomic mass is 10.3. The van der Waals surface area contributed by atoms with Crippen molar-refractivity contribution in [1.82, 2.24) is 0 Å². The number of nitrogens with zero attached hydrogens (tertiary/aromatic N) is 2. The normalized spacial score (nSPS) is 8.92. The van der Waals surface area contributed by atoms with Crippen LogP contribution in [0.5, 0.6) is 0 Å². The van der Waals surface area contributed by atoms with Crippen molar-refractivity contribution >= 4 is 65.5 Å². The summed E-state index contributed by atoms with van der Waals surface area (Å²) in [6.07, 6.45) is 0. The molecule has 140 valence electrons. The van der Waals surface area contributed by atoms with Gasteiger partial charge in [0, 0.05) is 11.4 Å². The Morgan fingerprint density at radius 1 is 0.654 bits per heavy atom. The molecule has 0 aliphatic rings. The van der Waals surface area contributed by atoms with Crippen LogP contribution < -0.4 is 33.6 Å².